The van der Waals surface area contributed by atoms with Gasteiger partial charge in [-0.1, -0.05) is 18.2 Å². The van der Waals surface area contributed by atoms with Crippen LogP contribution in [0.3, 0.4) is 0 Å². The lowest BCUT2D eigenvalue weighted by molar-refractivity contribution is 0.0948. The second-order valence-electron chi connectivity index (χ2n) is 8.07. The lowest BCUT2D eigenvalue weighted by Gasteiger charge is -2.13. The van der Waals surface area contributed by atoms with Crippen molar-refractivity contribution in [1.29, 1.82) is 0 Å². The minimum absolute atomic E-state index is 0.0720. The average Bonchev–Trinajstić information content (AvgIpc) is 3.63. The summed E-state index contributed by atoms with van der Waals surface area (Å²) in [5, 5.41) is 5.72. The fourth-order valence-electron chi connectivity index (χ4n) is 4.03. The fourth-order valence-corrected chi connectivity index (χ4v) is 6.51. The summed E-state index contributed by atoms with van der Waals surface area (Å²) in [6.07, 6.45) is 5.12. The third kappa shape index (κ3) is 4.67. The molecule has 2 amide bonds. The molecule has 1 aliphatic carbocycles. The summed E-state index contributed by atoms with van der Waals surface area (Å²) in [6.45, 7) is 0.225. The van der Waals surface area contributed by atoms with Gasteiger partial charge in [0.2, 0.25) is 14.9 Å². The fraction of sp³-hybridized carbons (Fsp3) is 0.200. The zero-order valence-corrected chi connectivity index (χ0v) is 20.2. The highest BCUT2D eigenvalue weighted by molar-refractivity contribution is 7.91. The average molecular weight is 511 g/mol. The van der Waals surface area contributed by atoms with Gasteiger partial charge in [-0.05, 0) is 67.6 Å². The smallest absolute Gasteiger partial charge is 0.292 e. The molecule has 1 aromatic carbocycles. The van der Waals surface area contributed by atoms with Crippen LogP contribution in [0.5, 0.6) is 0 Å². The number of anilines is 1. The van der Waals surface area contributed by atoms with Gasteiger partial charge in [0.25, 0.3) is 11.8 Å². The van der Waals surface area contributed by atoms with Crippen LogP contribution in [-0.4, -0.2) is 20.2 Å². The Morgan fingerprint density at radius 3 is 2.51 bits per heavy atom. The van der Waals surface area contributed by atoms with Crippen molar-refractivity contribution in [3.63, 3.8) is 0 Å². The molecule has 4 aromatic rings. The molecule has 0 radical (unpaired) electrons. The molecule has 8 nitrogen and oxygen atoms in total. The predicted molar refractivity (Wildman–Crippen MR) is 129 cm³/mol. The molecule has 0 unspecified atom stereocenters. The number of carbonyl (C=O) groups is 2. The van der Waals surface area contributed by atoms with Gasteiger partial charge in [0, 0.05) is 4.88 Å². The number of carbonyl (C=O) groups excluding carboxylic acids is 2. The largest absolute Gasteiger partial charge is 0.467 e. The highest BCUT2D eigenvalue weighted by Crippen LogP contribution is 2.38. The number of hydrogen-bond acceptors (Lipinski definition) is 7. The summed E-state index contributed by atoms with van der Waals surface area (Å²) in [7, 11) is -3.89. The van der Waals surface area contributed by atoms with Crippen molar-refractivity contribution in [2.24, 2.45) is 0 Å². The Hall–Kier alpha value is -3.63. The first-order valence-electron chi connectivity index (χ1n) is 11.1. The van der Waals surface area contributed by atoms with E-state index in [-0.39, 0.29) is 28.2 Å². The van der Waals surface area contributed by atoms with Crippen molar-refractivity contribution in [2.45, 2.75) is 42.2 Å². The molecular weight excluding hydrogens is 488 g/mol. The summed E-state index contributed by atoms with van der Waals surface area (Å²) in [4.78, 5) is 27.2. The maximum atomic E-state index is 13.1. The number of fused-ring (bicyclic) bond motifs is 1. The predicted octanol–water partition coefficient (Wildman–Crippen LogP) is 4.83. The molecule has 2 N–H and O–H groups in total. The number of amides is 2. The van der Waals surface area contributed by atoms with E-state index >= 15 is 0 Å². The standard InChI is InChI=1S/C25H22N2O6S2/c28-23(19-12-13-21(33-19)35(30,31)17-8-2-1-3-9-17)27-25-22(18-10-4-5-11-20(18)34-25)24(29)26-15-16-7-6-14-32-16/h1-3,6-9,12-14H,4-5,10-11,15H2,(H,26,29)(H,27,28). The first-order chi connectivity index (χ1) is 16.9. The topological polar surface area (TPSA) is 119 Å². The first kappa shape index (κ1) is 23.1. The Bertz CT molecular complexity index is 1470. The normalized spacial score (nSPS) is 13.3. The Labute approximate surface area is 205 Å². The quantitative estimate of drug-likeness (QED) is 0.368. The SMILES string of the molecule is O=C(Nc1sc2c(c1C(=O)NCc1ccco1)CCCC2)c1ccc(S(=O)(=O)c2ccccc2)o1. The summed E-state index contributed by atoms with van der Waals surface area (Å²) in [5.74, 6) is -0.468. The number of hydrogen-bond donors (Lipinski definition) is 2. The zero-order valence-electron chi connectivity index (χ0n) is 18.6. The molecule has 0 saturated carbocycles. The van der Waals surface area contributed by atoms with Gasteiger partial charge in [0.1, 0.15) is 10.8 Å². The number of aryl methyl sites for hydroxylation is 1. The van der Waals surface area contributed by atoms with E-state index in [1.807, 2.05) is 0 Å². The lowest BCUT2D eigenvalue weighted by atomic mass is 9.95. The van der Waals surface area contributed by atoms with Crippen molar-refractivity contribution in [3.05, 3.63) is 88.4 Å². The van der Waals surface area contributed by atoms with Crippen LogP contribution in [0.2, 0.25) is 0 Å². The van der Waals surface area contributed by atoms with Gasteiger partial charge < -0.3 is 19.5 Å². The molecule has 35 heavy (non-hydrogen) atoms. The Balaban J connectivity index is 1.39. The van der Waals surface area contributed by atoms with Crippen LogP contribution >= 0.6 is 11.3 Å². The zero-order chi connectivity index (χ0) is 24.4. The minimum atomic E-state index is -3.89. The molecule has 3 aromatic heterocycles. The summed E-state index contributed by atoms with van der Waals surface area (Å²) < 4.78 is 36.3. The van der Waals surface area contributed by atoms with Crippen molar-refractivity contribution >= 4 is 38.0 Å². The number of sulfone groups is 1. The minimum Gasteiger partial charge on any atom is -0.467 e. The van der Waals surface area contributed by atoms with E-state index in [0.29, 0.717) is 16.3 Å². The third-order valence-electron chi connectivity index (χ3n) is 5.75. The van der Waals surface area contributed by atoms with Crippen LogP contribution in [0, 0.1) is 0 Å². The van der Waals surface area contributed by atoms with Crippen LogP contribution in [0.15, 0.2) is 79.7 Å². The van der Waals surface area contributed by atoms with E-state index < -0.39 is 15.7 Å². The molecule has 0 fully saturated rings. The van der Waals surface area contributed by atoms with E-state index in [1.165, 1.54) is 41.9 Å². The molecule has 0 saturated heterocycles. The molecule has 0 bridgehead atoms. The number of nitrogens with one attached hydrogen (secondary N) is 2. The molecule has 10 heteroatoms. The molecule has 0 spiro atoms. The van der Waals surface area contributed by atoms with Crippen molar-refractivity contribution in [2.75, 3.05) is 5.32 Å². The van der Waals surface area contributed by atoms with E-state index in [4.69, 9.17) is 8.83 Å². The van der Waals surface area contributed by atoms with Gasteiger partial charge in [-0.3, -0.25) is 9.59 Å². The third-order valence-corrected chi connectivity index (χ3v) is 8.60. The molecule has 180 valence electrons. The Kier molecular flexibility index (Phi) is 6.31. The van der Waals surface area contributed by atoms with E-state index in [0.717, 1.165) is 36.1 Å². The van der Waals surface area contributed by atoms with Crippen LogP contribution in [-0.2, 0) is 29.2 Å². The van der Waals surface area contributed by atoms with Gasteiger partial charge in [-0.2, -0.15) is 0 Å². The lowest BCUT2D eigenvalue weighted by Crippen LogP contribution is -2.25. The van der Waals surface area contributed by atoms with Gasteiger partial charge in [-0.15, -0.1) is 11.3 Å². The maximum absolute atomic E-state index is 13.1. The van der Waals surface area contributed by atoms with Gasteiger partial charge >= 0.3 is 0 Å². The molecule has 0 atom stereocenters. The van der Waals surface area contributed by atoms with Crippen LogP contribution in [0.1, 0.15) is 50.0 Å². The van der Waals surface area contributed by atoms with Crippen LogP contribution in [0.4, 0.5) is 5.00 Å². The molecule has 0 aliphatic heterocycles. The summed E-state index contributed by atoms with van der Waals surface area (Å²) >= 11 is 1.37. The monoisotopic (exact) mass is 510 g/mol. The van der Waals surface area contributed by atoms with Crippen molar-refractivity contribution in [3.8, 4) is 0 Å². The molecule has 3 heterocycles. The highest BCUT2D eigenvalue weighted by atomic mass is 32.2. The summed E-state index contributed by atoms with van der Waals surface area (Å²) in [6, 6.07) is 13.9. The van der Waals surface area contributed by atoms with E-state index in [9.17, 15) is 18.0 Å². The van der Waals surface area contributed by atoms with Crippen molar-refractivity contribution < 1.29 is 26.8 Å². The highest BCUT2D eigenvalue weighted by Gasteiger charge is 2.28. The molecule has 1 aliphatic rings. The second-order valence-corrected chi connectivity index (χ2v) is 11.1. The Morgan fingerprint density at radius 2 is 1.74 bits per heavy atom. The summed E-state index contributed by atoms with van der Waals surface area (Å²) in [5.41, 5.74) is 1.38. The molecular formula is C25H22N2O6S2. The Morgan fingerprint density at radius 1 is 0.943 bits per heavy atom. The van der Waals surface area contributed by atoms with Gasteiger partial charge in [0.15, 0.2) is 5.76 Å². The maximum Gasteiger partial charge on any atom is 0.292 e. The van der Waals surface area contributed by atoms with Gasteiger partial charge in [0.05, 0.1) is 23.3 Å². The van der Waals surface area contributed by atoms with Crippen molar-refractivity contribution in [1.82, 2.24) is 5.32 Å². The number of thiophene rings is 1. The number of rotatable bonds is 7. The second kappa shape index (κ2) is 9.55. The van der Waals surface area contributed by atoms with Gasteiger partial charge in [-0.25, -0.2) is 8.42 Å². The van der Waals surface area contributed by atoms with E-state index in [1.54, 1.807) is 30.3 Å². The van der Waals surface area contributed by atoms with E-state index in [2.05, 4.69) is 10.6 Å². The van der Waals surface area contributed by atoms with Crippen LogP contribution < -0.4 is 10.6 Å². The number of benzene rings is 1. The van der Waals surface area contributed by atoms with Crippen LogP contribution in [0.25, 0.3) is 0 Å². The number of furan rings is 2. The first-order valence-corrected chi connectivity index (χ1v) is 13.4. The molecule has 5 rings (SSSR count).